The second-order valence-corrected chi connectivity index (χ2v) is 8.36. The van der Waals surface area contributed by atoms with Crippen molar-refractivity contribution in [2.45, 2.75) is 44.2 Å². The fourth-order valence-corrected chi connectivity index (χ4v) is 3.09. The van der Waals surface area contributed by atoms with Gasteiger partial charge in [0.25, 0.3) is 0 Å². The molecule has 25 heavy (non-hydrogen) atoms. The van der Waals surface area contributed by atoms with Crippen LogP contribution < -0.4 is 5.32 Å². The molecule has 0 saturated carbocycles. The van der Waals surface area contributed by atoms with E-state index in [9.17, 15) is 13.2 Å². The Bertz CT molecular complexity index is 846. The topological polar surface area (TPSA) is 89.0 Å². The van der Waals surface area contributed by atoms with E-state index in [0.717, 1.165) is 22.9 Å². The van der Waals surface area contributed by atoms with Crippen LogP contribution in [0.25, 0.3) is 0 Å². The van der Waals surface area contributed by atoms with Gasteiger partial charge in [0, 0.05) is 24.8 Å². The predicted octanol–water partition coefficient (Wildman–Crippen LogP) is 2.42. The highest BCUT2D eigenvalue weighted by molar-refractivity contribution is 7.90. The predicted molar refractivity (Wildman–Crippen MR) is 95.9 cm³/mol. The lowest BCUT2D eigenvalue weighted by Crippen LogP contribution is -2.28. The van der Waals surface area contributed by atoms with Gasteiger partial charge in [-0.2, -0.15) is 0 Å². The zero-order valence-corrected chi connectivity index (χ0v) is 15.7. The molecule has 7 heteroatoms. The number of carbonyl (C=O) groups excluding carboxylic acids is 1. The van der Waals surface area contributed by atoms with Crippen LogP contribution in [0, 0.1) is 0 Å². The third-order valence-corrected chi connectivity index (χ3v) is 4.94. The Morgan fingerprint density at radius 1 is 1.16 bits per heavy atom. The molecule has 2 heterocycles. The molecule has 2 aromatic heterocycles. The largest absolute Gasteiger partial charge is 0.349 e. The average Bonchev–Trinajstić information content (AvgIpc) is 2.54. The van der Waals surface area contributed by atoms with Gasteiger partial charge in [-0.3, -0.25) is 9.78 Å². The lowest BCUT2D eigenvalue weighted by molar-refractivity contribution is -0.121. The minimum Gasteiger partial charge on any atom is -0.349 e. The van der Waals surface area contributed by atoms with Crippen LogP contribution in [0.4, 0.5) is 0 Å². The van der Waals surface area contributed by atoms with Gasteiger partial charge in [0.2, 0.25) is 5.91 Å². The number of nitrogens with zero attached hydrogens (tertiary/aromatic N) is 2. The summed E-state index contributed by atoms with van der Waals surface area (Å²) in [6.45, 7) is 5.97. The second-order valence-electron chi connectivity index (χ2n) is 6.40. The third kappa shape index (κ3) is 5.09. The van der Waals surface area contributed by atoms with Crippen LogP contribution in [0.5, 0.6) is 0 Å². The number of hydrogen-bond donors (Lipinski definition) is 1. The van der Waals surface area contributed by atoms with Crippen molar-refractivity contribution in [2.75, 3.05) is 6.26 Å². The van der Waals surface area contributed by atoms with E-state index in [0.29, 0.717) is 5.92 Å². The Labute approximate surface area is 148 Å². The fourth-order valence-electron chi connectivity index (χ4n) is 2.53. The van der Waals surface area contributed by atoms with Gasteiger partial charge >= 0.3 is 0 Å². The molecule has 0 unspecified atom stereocenters. The highest BCUT2D eigenvalue weighted by atomic mass is 32.2. The van der Waals surface area contributed by atoms with E-state index in [2.05, 4.69) is 29.1 Å². The van der Waals surface area contributed by atoms with E-state index < -0.39 is 9.84 Å². The summed E-state index contributed by atoms with van der Waals surface area (Å²) in [5.74, 6) is 0.189. The number of rotatable bonds is 6. The van der Waals surface area contributed by atoms with Crippen molar-refractivity contribution in [2.24, 2.45) is 0 Å². The molecule has 2 aromatic rings. The van der Waals surface area contributed by atoms with Crippen molar-refractivity contribution in [3.8, 4) is 0 Å². The van der Waals surface area contributed by atoms with Crippen LogP contribution in [-0.2, 0) is 21.1 Å². The van der Waals surface area contributed by atoms with Gasteiger partial charge in [0.1, 0.15) is 0 Å². The average molecular weight is 361 g/mol. The van der Waals surface area contributed by atoms with Gasteiger partial charge < -0.3 is 5.32 Å². The Morgan fingerprint density at radius 2 is 1.88 bits per heavy atom. The zero-order chi connectivity index (χ0) is 18.6. The standard InChI is InChI=1S/C18H23N3O3S/c1-12(2)16-11-19-8-7-14(16)9-17(22)21-13(3)15-5-6-18(20-10-15)25(4,23)24/h5-8,10-13H,9H2,1-4H3,(H,21,22)/t13-/m0/s1. The summed E-state index contributed by atoms with van der Waals surface area (Å²) in [5.41, 5.74) is 2.77. The summed E-state index contributed by atoms with van der Waals surface area (Å²) in [7, 11) is -3.33. The smallest absolute Gasteiger partial charge is 0.224 e. The van der Waals surface area contributed by atoms with Gasteiger partial charge in [-0.05, 0) is 41.7 Å². The molecule has 6 nitrogen and oxygen atoms in total. The van der Waals surface area contributed by atoms with Crippen molar-refractivity contribution in [3.63, 3.8) is 0 Å². The second kappa shape index (κ2) is 7.74. The molecular formula is C18H23N3O3S. The lowest BCUT2D eigenvalue weighted by Gasteiger charge is -2.16. The Balaban J connectivity index is 2.06. The van der Waals surface area contributed by atoms with E-state index in [-0.39, 0.29) is 23.4 Å². The first kappa shape index (κ1) is 19.1. The number of pyridine rings is 2. The van der Waals surface area contributed by atoms with Crippen LogP contribution in [0.2, 0.25) is 0 Å². The Kier molecular flexibility index (Phi) is 5.89. The van der Waals surface area contributed by atoms with E-state index in [1.165, 1.54) is 12.3 Å². The first-order valence-corrected chi connectivity index (χ1v) is 9.95. The molecule has 134 valence electrons. The molecule has 1 N–H and O–H groups in total. The van der Waals surface area contributed by atoms with E-state index >= 15 is 0 Å². The Morgan fingerprint density at radius 3 is 2.44 bits per heavy atom. The minimum atomic E-state index is -3.33. The molecule has 0 aliphatic rings. The highest BCUT2D eigenvalue weighted by Crippen LogP contribution is 2.19. The van der Waals surface area contributed by atoms with Crippen LogP contribution in [-0.4, -0.2) is 30.5 Å². The maximum atomic E-state index is 12.3. The van der Waals surface area contributed by atoms with Gasteiger partial charge in [0.05, 0.1) is 12.5 Å². The SMILES string of the molecule is CC(C)c1cnccc1CC(=O)N[C@@H](C)c1ccc(S(C)(=O)=O)nc1. The van der Waals surface area contributed by atoms with Crippen molar-refractivity contribution in [1.29, 1.82) is 0 Å². The highest BCUT2D eigenvalue weighted by Gasteiger charge is 2.15. The number of aromatic nitrogens is 2. The van der Waals surface area contributed by atoms with Gasteiger partial charge in [0.15, 0.2) is 14.9 Å². The molecule has 0 saturated heterocycles. The Hall–Kier alpha value is -2.28. The first-order valence-electron chi connectivity index (χ1n) is 8.06. The normalized spacial score (nSPS) is 12.8. The molecule has 0 spiro atoms. The van der Waals surface area contributed by atoms with Gasteiger partial charge in [-0.1, -0.05) is 19.9 Å². The fraction of sp³-hybridized carbons (Fsp3) is 0.389. The van der Waals surface area contributed by atoms with Crippen LogP contribution in [0.3, 0.4) is 0 Å². The molecule has 1 amide bonds. The summed E-state index contributed by atoms with van der Waals surface area (Å²) in [6, 6.07) is 4.72. The summed E-state index contributed by atoms with van der Waals surface area (Å²) in [5, 5.41) is 2.94. The van der Waals surface area contributed by atoms with Gasteiger partial charge in [-0.15, -0.1) is 0 Å². The summed E-state index contributed by atoms with van der Waals surface area (Å²) >= 11 is 0. The van der Waals surface area contributed by atoms with Gasteiger partial charge in [-0.25, -0.2) is 13.4 Å². The van der Waals surface area contributed by atoms with Crippen molar-refractivity contribution < 1.29 is 13.2 Å². The summed E-state index contributed by atoms with van der Waals surface area (Å²) in [6.07, 6.45) is 6.35. The molecule has 1 atom stereocenters. The first-order chi connectivity index (χ1) is 11.7. The van der Waals surface area contributed by atoms with Crippen LogP contribution >= 0.6 is 0 Å². The van der Waals surface area contributed by atoms with Crippen LogP contribution in [0.15, 0.2) is 41.8 Å². The molecule has 0 aliphatic heterocycles. The molecule has 0 aliphatic carbocycles. The zero-order valence-electron chi connectivity index (χ0n) is 14.9. The maximum Gasteiger partial charge on any atom is 0.224 e. The van der Waals surface area contributed by atoms with E-state index in [1.807, 2.05) is 13.0 Å². The number of amides is 1. The van der Waals surface area contributed by atoms with Crippen molar-refractivity contribution >= 4 is 15.7 Å². The summed E-state index contributed by atoms with van der Waals surface area (Å²) in [4.78, 5) is 20.4. The number of nitrogens with one attached hydrogen (secondary N) is 1. The molecule has 0 radical (unpaired) electrons. The van der Waals surface area contributed by atoms with Crippen molar-refractivity contribution in [1.82, 2.24) is 15.3 Å². The quantitative estimate of drug-likeness (QED) is 0.853. The molecule has 2 rings (SSSR count). The van der Waals surface area contributed by atoms with Crippen LogP contribution in [0.1, 0.15) is 49.4 Å². The minimum absolute atomic E-state index is 0.0214. The molecule has 0 bridgehead atoms. The van der Waals surface area contributed by atoms with E-state index in [4.69, 9.17) is 0 Å². The van der Waals surface area contributed by atoms with E-state index in [1.54, 1.807) is 18.5 Å². The number of sulfone groups is 1. The molecule has 0 aromatic carbocycles. The number of hydrogen-bond acceptors (Lipinski definition) is 5. The lowest BCUT2D eigenvalue weighted by atomic mass is 9.97. The summed E-state index contributed by atoms with van der Waals surface area (Å²) < 4.78 is 22.9. The van der Waals surface area contributed by atoms with Crippen molar-refractivity contribution in [3.05, 3.63) is 53.5 Å². The third-order valence-electron chi connectivity index (χ3n) is 3.94. The molecule has 0 fully saturated rings. The number of carbonyl (C=O) groups is 1. The molecular weight excluding hydrogens is 338 g/mol. The monoisotopic (exact) mass is 361 g/mol. The maximum absolute atomic E-state index is 12.3.